The van der Waals surface area contributed by atoms with Crippen molar-refractivity contribution < 1.29 is 63.7 Å². The lowest BCUT2D eigenvalue weighted by molar-refractivity contribution is -0.148. The topological polar surface area (TPSA) is 260 Å². The van der Waals surface area contributed by atoms with Crippen LogP contribution in [0.3, 0.4) is 0 Å². The van der Waals surface area contributed by atoms with E-state index in [1.165, 1.54) is 26.2 Å². The van der Waals surface area contributed by atoms with E-state index < -0.39 is 85.1 Å². The molecule has 6 N–H and O–H groups in total. The Hall–Kier alpha value is -6.39. The third-order valence-corrected chi connectivity index (χ3v) is 9.99. The van der Waals surface area contributed by atoms with E-state index >= 15 is 0 Å². The van der Waals surface area contributed by atoms with E-state index in [4.69, 9.17) is 14.2 Å². The zero-order chi connectivity index (χ0) is 39.3. The van der Waals surface area contributed by atoms with Crippen molar-refractivity contribution in [3.8, 4) is 11.5 Å². The van der Waals surface area contributed by atoms with E-state index in [0.717, 1.165) is 6.07 Å². The molecule has 0 bridgehead atoms. The monoisotopic (exact) mass is 743 g/mol. The Morgan fingerprint density at radius 3 is 2.11 bits per heavy atom. The predicted octanol–water partition coefficient (Wildman–Crippen LogP) is 2.49. The van der Waals surface area contributed by atoms with Gasteiger partial charge < -0.3 is 45.1 Å². The van der Waals surface area contributed by atoms with E-state index in [2.05, 4.69) is 5.32 Å². The van der Waals surface area contributed by atoms with Gasteiger partial charge in [-0.25, -0.2) is 0 Å². The Balaban J connectivity index is 2.00. The molecule has 1 aliphatic rings. The number of hydrogen-bond acceptors (Lipinski definition) is 14. The van der Waals surface area contributed by atoms with Crippen LogP contribution in [0, 0.1) is 5.92 Å². The summed E-state index contributed by atoms with van der Waals surface area (Å²) in [4.78, 5) is 88.9. The first-order chi connectivity index (χ1) is 25.7. The zero-order valence-corrected chi connectivity index (χ0v) is 29.0. The number of allylic oxidation sites excluding steroid dienone is 1. The van der Waals surface area contributed by atoms with Crippen LogP contribution >= 0.6 is 0 Å². The highest BCUT2D eigenvalue weighted by Gasteiger charge is 2.37. The summed E-state index contributed by atoms with van der Waals surface area (Å²) in [5, 5.41) is 56.3. The summed E-state index contributed by atoms with van der Waals surface area (Å²) in [6, 6.07) is 2.42. The van der Waals surface area contributed by atoms with Crippen LogP contribution in [0.25, 0.3) is 49.2 Å². The van der Waals surface area contributed by atoms with Crippen LogP contribution in [0.2, 0.25) is 0 Å². The number of carboxylic acids is 2. The normalized spacial score (nSPS) is 14.9. The lowest BCUT2D eigenvalue weighted by Crippen LogP contribution is -2.29. The minimum absolute atomic E-state index is 0.0398. The number of phenolic OH excluding ortho intramolecular Hbond substituents is 1. The number of ketones is 1. The summed E-state index contributed by atoms with van der Waals surface area (Å²) >= 11 is 0. The number of aromatic hydroxyl groups is 1. The number of nitrogens with one attached hydrogen (secondary N) is 1. The molecule has 0 saturated heterocycles. The maximum absolute atomic E-state index is 14.8. The SMILES string of the molecule is COc1c2c3c4c(c(CC(CC(=O)O)C(=O)O)c(O)c5c(=O)cc(CO)c(c6c(CO)cc(NC(COC=O)OC=O)c(c1=O)c63)c54)C=C(C)C2C(C)=O. The van der Waals surface area contributed by atoms with Crippen LogP contribution in [0.1, 0.15) is 54.0 Å². The van der Waals surface area contributed by atoms with Gasteiger partial charge in [0, 0.05) is 27.6 Å². The molecule has 5 aromatic carbocycles. The average molecular weight is 744 g/mol. The number of carbonyl (C=O) groups is 5. The van der Waals surface area contributed by atoms with Crippen molar-refractivity contribution in [3.05, 3.63) is 66.0 Å². The van der Waals surface area contributed by atoms with Crippen molar-refractivity contribution in [2.45, 2.75) is 52.0 Å². The molecule has 3 unspecified atom stereocenters. The van der Waals surface area contributed by atoms with Gasteiger partial charge in [-0.05, 0) is 70.6 Å². The Labute approximate surface area is 303 Å². The number of aliphatic hydroxyl groups is 2. The van der Waals surface area contributed by atoms with Gasteiger partial charge in [-0.2, -0.15) is 0 Å². The zero-order valence-electron chi connectivity index (χ0n) is 29.0. The molecular formula is C38H33NO15. The van der Waals surface area contributed by atoms with Crippen LogP contribution in [0.4, 0.5) is 5.69 Å². The third-order valence-electron chi connectivity index (χ3n) is 9.99. The van der Waals surface area contributed by atoms with Gasteiger partial charge in [-0.15, -0.1) is 0 Å². The third kappa shape index (κ3) is 5.66. The number of aliphatic carboxylic acids is 2. The number of methoxy groups -OCH3 is 1. The van der Waals surface area contributed by atoms with E-state index in [9.17, 15) is 59.1 Å². The van der Waals surface area contributed by atoms with Crippen LogP contribution in [0.15, 0.2) is 27.3 Å². The van der Waals surface area contributed by atoms with Crippen molar-refractivity contribution in [2.75, 3.05) is 19.0 Å². The summed E-state index contributed by atoms with van der Waals surface area (Å²) in [6.07, 6.45) is -1.27. The number of rotatable bonds is 16. The second kappa shape index (κ2) is 14.2. The summed E-state index contributed by atoms with van der Waals surface area (Å²) in [5.41, 5.74) is -1.05. The van der Waals surface area contributed by atoms with Gasteiger partial charge in [-0.3, -0.25) is 33.6 Å². The Morgan fingerprint density at radius 1 is 0.907 bits per heavy atom. The molecule has 1 aliphatic carbocycles. The molecular weight excluding hydrogens is 710 g/mol. The molecule has 6 rings (SSSR count). The molecule has 280 valence electrons. The number of phenols is 1. The highest BCUT2D eigenvalue weighted by molar-refractivity contribution is 6.39. The number of Topliss-reactive ketones (excluding diaryl/α,β-unsaturated/α-hetero) is 1. The summed E-state index contributed by atoms with van der Waals surface area (Å²) in [6.45, 7) is 1.10. The van der Waals surface area contributed by atoms with Crippen molar-refractivity contribution in [1.82, 2.24) is 0 Å². The molecule has 0 amide bonds. The molecule has 0 spiro atoms. The smallest absolute Gasteiger partial charge is 0.307 e. The fraction of sp³-hybridized carbons (Fsp3) is 0.289. The molecule has 0 saturated carbocycles. The summed E-state index contributed by atoms with van der Waals surface area (Å²) in [7, 11) is 1.21. The first-order valence-electron chi connectivity index (χ1n) is 16.5. The number of aliphatic hydroxyl groups excluding tert-OH is 2. The first kappa shape index (κ1) is 37.4. The molecule has 5 aromatic rings. The maximum Gasteiger partial charge on any atom is 0.307 e. The van der Waals surface area contributed by atoms with Crippen molar-refractivity contribution in [1.29, 1.82) is 0 Å². The number of benzene rings is 5. The lowest BCUT2D eigenvalue weighted by atomic mass is 9.78. The quantitative estimate of drug-likeness (QED) is 0.0367. The standard InChI is InChI=1S/C38H33NO15/c1-14-4-19-20(5-16(38(50)51)8-24(46)47)35(48)30-22(45)7-18(10-41)27-26-17(9-40)6-21(39-23(54-13-43)11-53-12-42)29-32(26)33(28(19)31(27)30)34(25(14)15(2)44)37(52-3)36(29)49/h4,6-7,12-13,16,23,25,39-41,48H,5,8-11H2,1-3H3,(H,46,47)(H,50,51). The fourth-order valence-corrected chi connectivity index (χ4v) is 8.02. The number of ether oxygens (including phenoxy) is 3. The summed E-state index contributed by atoms with van der Waals surface area (Å²) < 4.78 is 15.6. The van der Waals surface area contributed by atoms with Crippen LogP contribution < -0.4 is 20.9 Å². The molecule has 0 fully saturated rings. The number of carboxylic acid groups (broad SMARTS) is 2. The molecule has 16 nitrogen and oxygen atoms in total. The fourth-order valence-electron chi connectivity index (χ4n) is 8.02. The van der Waals surface area contributed by atoms with Gasteiger partial charge in [0.15, 0.2) is 11.2 Å². The minimum Gasteiger partial charge on any atom is -0.507 e. The second-order valence-electron chi connectivity index (χ2n) is 13.0. The Morgan fingerprint density at radius 2 is 1.56 bits per heavy atom. The predicted molar refractivity (Wildman–Crippen MR) is 192 cm³/mol. The average Bonchev–Trinajstić information content (AvgIpc) is 3.25. The van der Waals surface area contributed by atoms with E-state index in [-0.39, 0.29) is 95.3 Å². The van der Waals surface area contributed by atoms with Gasteiger partial charge in [0.25, 0.3) is 12.9 Å². The van der Waals surface area contributed by atoms with Crippen LogP contribution in [0.5, 0.6) is 11.5 Å². The van der Waals surface area contributed by atoms with Gasteiger partial charge in [0.2, 0.25) is 11.7 Å². The maximum atomic E-state index is 14.8. The summed E-state index contributed by atoms with van der Waals surface area (Å²) in [5.74, 6) is -7.11. The molecule has 0 radical (unpaired) electrons. The van der Waals surface area contributed by atoms with Gasteiger partial charge in [0.05, 0.1) is 49.4 Å². The number of hydrogen-bond donors (Lipinski definition) is 6. The highest BCUT2D eigenvalue weighted by atomic mass is 16.6. The molecule has 0 aliphatic heterocycles. The Kier molecular flexibility index (Phi) is 9.83. The van der Waals surface area contributed by atoms with Crippen LogP contribution in [-0.2, 0) is 53.1 Å². The minimum atomic E-state index is -1.59. The van der Waals surface area contributed by atoms with Crippen molar-refractivity contribution >= 4 is 85.5 Å². The van der Waals surface area contributed by atoms with Gasteiger partial charge in [0.1, 0.15) is 18.1 Å². The van der Waals surface area contributed by atoms with E-state index in [0.29, 0.717) is 5.57 Å². The molecule has 3 atom stereocenters. The van der Waals surface area contributed by atoms with Gasteiger partial charge in [-0.1, -0.05) is 11.6 Å². The number of fused-ring (bicyclic) bond motifs is 1. The highest BCUT2D eigenvalue weighted by Crippen LogP contribution is 2.54. The molecule has 54 heavy (non-hydrogen) atoms. The molecule has 16 heteroatoms. The van der Waals surface area contributed by atoms with E-state index in [1.807, 2.05) is 0 Å². The Bertz CT molecular complexity index is 2580. The molecule has 0 aromatic heterocycles. The number of anilines is 1. The first-order valence-corrected chi connectivity index (χ1v) is 16.5. The molecule has 0 heterocycles. The van der Waals surface area contributed by atoms with Gasteiger partial charge >= 0.3 is 11.9 Å². The van der Waals surface area contributed by atoms with Crippen molar-refractivity contribution in [3.63, 3.8) is 0 Å². The number of carbonyl (C=O) groups excluding carboxylic acids is 3. The second-order valence-corrected chi connectivity index (χ2v) is 13.0. The lowest BCUT2D eigenvalue weighted by Gasteiger charge is -2.27. The van der Waals surface area contributed by atoms with E-state index in [1.54, 1.807) is 6.92 Å². The van der Waals surface area contributed by atoms with Crippen LogP contribution in [-0.4, -0.2) is 76.1 Å². The largest absolute Gasteiger partial charge is 0.507 e. The van der Waals surface area contributed by atoms with Crippen molar-refractivity contribution in [2.24, 2.45) is 5.92 Å².